The van der Waals surface area contributed by atoms with E-state index in [-0.39, 0.29) is 0 Å². The summed E-state index contributed by atoms with van der Waals surface area (Å²) in [6.45, 7) is 7.46. The summed E-state index contributed by atoms with van der Waals surface area (Å²) in [6, 6.07) is 0. The largest absolute Gasteiger partial charge is 0.390 e. The highest BCUT2D eigenvalue weighted by Gasteiger charge is 2.19. The molecule has 0 aromatic carbocycles. The van der Waals surface area contributed by atoms with Gasteiger partial charge in [-0.2, -0.15) is 0 Å². The minimum Gasteiger partial charge on any atom is -0.390 e. The highest BCUT2D eigenvalue weighted by molar-refractivity contribution is 6.29. The van der Waals surface area contributed by atoms with E-state index in [1.54, 1.807) is 6.92 Å². The summed E-state index contributed by atoms with van der Waals surface area (Å²) in [5.74, 6) is 0. The van der Waals surface area contributed by atoms with Crippen LogP contribution in [0.5, 0.6) is 0 Å². The molecule has 0 aliphatic rings. The Kier molecular flexibility index (Phi) is 4.78. The lowest BCUT2D eigenvalue weighted by Crippen LogP contribution is -2.23. The average molecular weight is 177 g/mol. The van der Waals surface area contributed by atoms with E-state index < -0.39 is 5.60 Å². The van der Waals surface area contributed by atoms with E-state index in [0.29, 0.717) is 11.5 Å². The topological polar surface area (TPSA) is 20.2 Å². The Morgan fingerprint density at radius 2 is 2.18 bits per heavy atom. The van der Waals surface area contributed by atoms with Gasteiger partial charge in [0.05, 0.1) is 5.60 Å². The molecule has 2 heteroatoms. The molecule has 0 spiro atoms. The molecule has 0 aromatic heterocycles. The molecule has 0 aliphatic heterocycles. The molecule has 0 aliphatic carbocycles. The molecule has 0 saturated carbocycles. The number of aliphatic hydroxyl groups is 1. The van der Waals surface area contributed by atoms with E-state index in [1.807, 2.05) is 0 Å². The predicted molar refractivity (Wildman–Crippen MR) is 49.8 cm³/mol. The van der Waals surface area contributed by atoms with Gasteiger partial charge in [0, 0.05) is 11.5 Å². The molecule has 0 saturated heterocycles. The third-order valence-electron chi connectivity index (χ3n) is 1.64. The predicted octanol–water partition coefficient (Wildman–Crippen LogP) is 3.07. The second-order valence-corrected chi connectivity index (χ2v) is 3.83. The number of halogens is 1. The van der Waals surface area contributed by atoms with Gasteiger partial charge in [0.25, 0.3) is 0 Å². The van der Waals surface area contributed by atoms with Crippen molar-refractivity contribution in [3.63, 3.8) is 0 Å². The molecule has 0 fully saturated rings. The standard InChI is InChI=1S/C9H17ClO/c1-4-5-6-9(3,11)7-8(2)10/h11H,2,4-7H2,1,3H3. The lowest BCUT2D eigenvalue weighted by Gasteiger charge is -2.22. The second-order valence-electron chi connectivity index (χ2n) is 3.29. The van der Waals surface area contributed by atoms with E-state index in [4.69, 9.17) is 11.6 Å². The Labute approximate surface area is 74.1 Å². The zero-order chi connectivity index (χ0) is 8.91. The first-order valence-electron chi connectivity index (χ1n) is 4.03. The van der Waals surface area contributed by atoms with Gasteiger partial charge in [-0.25, -0.2) is 0 Å². The summed E-state index contributed by atoms with van der Waals surface area (Å²) in [6.07, 6.45) is 3.44. The molecule has 0 aromatic rings. The van der Waals surface area contributed by atoms with Gasteiger partial charge in [-0.3, -0.25) is 0 Å². The SMILES string of the molecule is C=C(Cl)CC(C)(O)CCCC. The van der Waals surface area contributed by atoms with Crippen LogP contribution in [-0.4, -0.2) is 10.7 Å². The first-order chi connectivity index (χ1) is 4.98. The Hall–Kier alpha value is -0.0100. The monoisotopic (exact) mass is 176 g/mol. The van der Waals surface area contributed by atoms with Gasteiger partial charge in [0.15, 0.2) is 0 Å². The second kappa shape index (κ2) is 4.78. The summed E-state index contributed by atoms with van der Waals surface area (Å²) in [5.41, 5.74) is -0.658. The molecule has 0 radical (unpaired) electrons. The zero-order valence-electron chi connectivity index (χ0n) is 7.36. The molecule has 66 valence electrons. The van der Waals surface area contributed by atoms with Gasteiger partial charge < -0.3 is 5.11 Å². The normalized spacial score (nSPS) is 16.0. The minimum atomic E-state index is -0.658. The summed E-state index contributed by atoms with van der Waals surface area (Å²) in [4.78, 5) is 0. The van der Waals surface area contributed by atoms with Crippen molar-refractivity contribution in [1.82, 2.24) is 0 Å². The molecule has 0 bridgehead atoms. The quantitative estimate of drug-likeness (QED) is 0.683. The molecule has 1 nitrogen and oxygen atoms in total. The van der Waals surface area contributed by atoms with Gasteiger partial charge in [0.1, 0.15) is 0 Å². The summed E-state index contributed by atoms with van der Waals surface area (Å²) in [7, 11) is 0. The smallest absolute Gasteiger partial charge is 0.0668 e. The van der Waals surface area contributed by atoms with Crippen molar-refractivity contribution in [3.8, 4) is 0 Å². The van der Waals surface area contributed by atoms with Crippen LogP contribution < -0.4 is 0 Å². The van der Waals surface area contributed by atoms with Gasteiger partial charge in [0.2, 0.25) is 0 Å². The van der Waals surface area contributed by atoms with Crippen molar-refractivity contribution in [3.05, 3.63) is 11.6 Å². The fourth-order valence-electron chi connectivity index (χ4n) is 1.06. The average Bonchev–Trinajstić information content (AvgIpc) is 1.81. The van der Waals surface area contributed by atoms with Gasteiger partial charge in [-0.05, 0) is 13.3 Å². The number of rotatable bonds is 5. The van der Waals surface area contributed by atoms with Gasteiger partial charge in [-0.15, -0.1) is 0 Å². The fourth-order valence-corrected chi connectivity index (χ4v) is 1.35. The van der Waals surface area contributed by atoms with Crippen LogP contribution in [-0.2, 0) is 0 Å². The molecule has 1 unspecified atom stereocenters. The van der Waals surface area contributed by atoms with E-state index in [2.05, 4.69) is 13.5 Å². The minimum absolute atomic E-state index is 0.495. The zero-order valence-corrected chi connectivity index (χ0v) is 8.12. The number of unbranched alkanes of at least 4 members (excludes halogenated alkanes) is 1. The van der Waals surface area contributed by atoms with Crippen LogP contribution in [0.3, 0.4) is 0 Å². The maximum Gasteiger partial charge on any atom is 0.0668 e. The fraction of sp³-hybridized carbons (Fsp3) is 0.778. The van der Waals surface area contributed by atoms with Crippen molar-refractivity contribution < 1.29 is 5.11 Å². The van der Waals surface area contributed by atoms with Crippen LogP contribution in [0.25, 0.3) is 0 Å². The first kappa shape index (κ1) is 11.0. The molecular formula is C9H17ClO. The van der Waals surface area contributed by atoms with Crippen molar-refractivity contribution in [1.29, 1.82) is 0 Å². The maximum absolute atomic E-state index is 9.67. The Morgan fingerprint density at radius 1 is 1.64 bits per heavy atom. The summed E-state index contributed by atoms with van der Waals surface area (Å²) >= 11 is 5.59. The molecule has 1 N–H and O–H groups in total. The first-order valence-corrected chi connectivity index (χ1v) is 4.41. The van der Waals surface area contributed by atoms with Crippen molar-refractivity contribution in [2.45, 2.75) is 45.1 Å². The molecule has 1 atom stereocenters. The molecular weight excluding hydrogens is 160 g/mol. The third-order valence-corrected chi connectivity index (χ3v) is 1.78. The van der Waals surface area contributed by atoms with Crippen molar-refractivity contribution >= 4 is 11.6 Å². The van der Waals surface area contributed by atoms with E-state index in [9.17, 15) is 5.11 Å². The third kappa shape index (κ3) is 6.39. The van der Waals surface area contributed by atoms with Crippen LogP contribution in [0.15, 0.2) is 11.6 Å². The summed E-state index contributed by atoms with van der Waals surface area (Å²) < 4.78 is 0. The molecule has 11 heavy (non-hydrogen) atoms. The van der Waals surface area contributed by atoms with Crippen molar-refractivity contribution in [2.24, 2.45) is 0 Å². The highest BCUT2D eigenvalue weighted by atomic mass is 35.5. The van der Waals surface area contributed by atoms with Crippen LogP contribution >= 0.6 is 11.6 Å². The number of hydrogen-bond acceptors (Lipinski definition) is 1. The van der Waals surface area contributed by atoms with E-state index >= 15 is 0 Å². The Balaban J connectivity index is 3.70. The van der Waals surface area contributed by atoms with Gasteiger partial charge in [-0.1, -0.05) is 37.9 Å². The van der Waals surface area contributed by atoms with E-state index in [0.717, 1.165) is 19.3 Å². The molecule has 0 rings (SSSR count). The molecule has 0 amide bonds. The van der Waals surface area contributed by atoms with Crippen LogP contribution in [0.2, 0.25) is 0 Å². The number of hydrogen-bond donors (Lipinski definition) is 1. The van der Waals surface area contributed by atoms with E-state index in [1.165, 1.54) is 0 Å². The lowest BCUT2D eigenvalue weighted by molar-refractivity contribution is 0.0508. The lowest BCUT2D eigenvalue weighted by atomic mass is 9.95. The van der Waals surface area contributed by atoms with Crippen LogP contribution in [0.4, 0.5) is 0 Å². The molecule has 0 heterocycles. The van der Waals surface area contributed by atoms with Crippen LogP contribution in [0, 0.1) is 0 Å². The maximum atomic E-state index is 9.67. The van der Waals surface area contributed by atoms with Crippen molar-refractivity contribution in [2.75, 3.05) is 0 Å². The van der Waals surface area contributed by atoms with Crippen LogP contribution in [0.1, 0.15) is 39.5 Å². The Morgan fingerprint density at radius 3 is 2.55 bits per heavy atom. The Bertz CT molecular complexity index is 130. The summed E-state index contributed by atoms with van der Waals surface area (Å²) in [5, 5.41) is 10.2. The van der Waals surface area contributed by atoms with Gasteiger partial charge >= 0.3 is 0 Å². The highest BCUT2D eigenvalue weighted by Crippen LogP contribution is 2.22.